The van der Waals surface area contributed by atoms with Crippen molar-refractivity contribution in [1.29, 1.82) is 0 Å². The molecule has 8 nitrogen and oxygen atoms in total. The molecule has 2 rings (SSSR count). The van der Waals surface area contributed by atoms with Crippen LogP contribution < -0.4 is 20.1 Å². The molecule has 0 aliphatic rings. The van der Waals surface area contributed by atoms with Crippen molar-refractivity contribution < 1.29 is 41.8 Å². The van der Waals surface area contributed by atoms with Crippen LogP contribution in [0.25, 0.3) is 0 Å². The number of anilines is 1. The molecule has 0 bridgehead atoms. The Kier molecular flexibility index (Phi) is 7.83. The summed E-state index contributed by atoms with van der Waals surface area (Å²) in [6.45, 7) is 0.649. The van der Waals surface area contributed by atoms with Crippen LogP contribution in [0.3, 0.4) is 0 Å². The normalized spacial score (nSPS) is 11.3. The van der Waals surface area contributed by atoms with Crippen LogP contribution in [-0.2, 0) is 14.3 Å². The highest BCUT2D eigenvalue weighted by Crippen LogP contribution is 2.28. The monoisotopic (exact) mass is 440 g/mol. The maximum Gasteiger partial charge on any atom is 0.339 e. The van der Waals surface area contributed by atoms with Gasteiger partial charge in [0.2, 0.25) is 5.91 Å². The highest BCUT2D eigenvalue weighted by Gasteiger charge is 2.21. The van der Waals surface area contributed by atoms with Gasteiger partial charge in [0.1, 0.15) is 0 Å². The molecule has 0 saturated carbocycles. The van der Waals surface area contributed by atoms with E-state index in [2.05, 4.69) is 5.32 Å². The van der Waals surface area contributed by atoms with E-state index in [0.29, 0.717) is 11.8 Å². The number of esters is 1. The number of rotatable bonds is 8. The Labute approximate surface area is 175 Å². The Balaban J connectivity index is 1.90. The Morgan fingerprint density at radius 1 is 0.968 bits per heavy atom. The minimum absolute atomic E-state index is 0.101. The molecule has 0 fully saturated rings. The fourth-order valence-corrected chi connectivity index (χ4v) is 2.37. The summed E-state index contributed by atoms with van der Waals surface area (Å²) in [7, 11) is 2.82. The van der Waals surface area contributed by atoms with Crippen molar-refractivity contribution in [2.24, 2.45) is 0 Å². The first kappa shape index (κ1) is 23.5. The second kappa shape index (κ2) is 10.3. The Hall–Kier alpha value is -3.76. The number of benzene rings is 2. The standard InChI is InChI=1S/C20H19F3N2O6/c1-10(31-20(28)11-4-7-14(29-2)15(8-11)30-3)19(27)24-9-16(26)25-13-6-5-12(21)17(22)18(13)23/h4-8,10H,9H2,1-3H3,(H,24,27)(H,25,26)/t10-/m0/s1. The smallest absolute Gasteiger partial charge is 0.339 e. The molecule has 2 N–H and O–H groups in total. The van der Waals surface area contributed by atoms with E-state index in [1.54, 1.807) is 0 Å². The van der Waals surface area contributed by atoms with Crippen LogP contribution in [0, 0.1) is 17.5 Å². The van der Waals surface area contributed by atoms with Gasteiger partial charge in [0.15, 0.2) is 35.1 Å². The fourth-order valence-electron chi connectivity index (χ4n) is 2.37. The van der Waals surface area contributed by atoms with E-state index in [1.165, 1.54) is 39.3 Å². The van der Waals surface area contributed by atoms with Gasteiger partial charge in [-0.3, -0.25) is 9.59 Å². The Bertz CT molecular complexity index is 999. The van der Waals surface area contributed by atoms with Crippen LogP contribution in [0.2, 0.25) is 0 Å². The lowest BCUT2D eigenvalue weighted by Gasteiger charge is -2.14. The summed E-state index contributed by atoms with van der Waals surface area (Å²) < 4.78 is 54.8. The van der Waals surface area contributed by atoms with Gasteiger partial charge in [-0.2, -0.15) is 0 Å². The Morgan fingerprint density at radius 3 is 2.29 bits per heavy atom. The number of methoxy groups -OCH3 is 2. The molecule has 0 aliphatic heterocycles. The molecule has 31 heavy (non-hydrogen) atoms. The molecule has 0 heterocycles. The third-order valence-electron chi connectivity index (χ3n) is 4.00. The lowest BCUT2D eigenvalue weighted by molar-refractivity contribution is -0.130. The fraction of sp³-hybridized carbons (Fsp3) is 0.250. The number of nitrogens with one attached hydrogen (secondary N) is 2. The number of hydrogen-bond donors (Lipinski definition) is 2. The number of carbonyl (C=O) groups is 3. The van der Waals surface area contributed by atoms with Gasteiger partial charge >= 0.3 is 5.97 Å². The maximum absolute atomic E-state index is 13.6. The van der Waals surface area contributed by atoms with Gasteiger partial charge < -0.3 is 24.8 Å². The highest BCUT2D eigenvalue weighted by atomic mass is 19.2. The third kappa shape index (κ3) is 5.87. The van der Waals surface area contributed by atoms with Crippen LogP contribution in [0.5, 0.6) is 11.5 Å². The van der Waals surface area contributed by atoms with Gasteiger partial charge in [0, 0.05) is 0 Å². The minimum atomic E-state index is -1.74. The van der Waals surface area contributed by atoms with E-state index in [4.69, 9.17) is 14.2 Å². The molecule has 0 spiro atoms. The zero-order valence-electron chi connectivity index (χ0n) is 16.8. The first-order chi connectivity index (χ1) is 14.7. The molecule has 11 heteroatoms. The van der Waals surface area contributed by atoms with E-state index in [-0.39, 0.29) is 11.3 Å². The molecule has 1 atom stereocenters. The number of hydrogen-bond acceptors (Lipinski definition) is 6. The first-order valence-electron chi connectivity index (χ1n) is 8.82. The van der Waals surface area contributed by atoms with Crippen LogP contribution in [0.1, 0.15) is 17.3 Å². The molecular formula is C20H19F3N2O6. The zero-order valence-corrected chi connectivity index (χ0v) is 16.8. The van der Waals surface area contributed by atoms with Crippen molar-refractivity contribution >= 4 is 23.5 Å². The zero-order chi connectivity index (χ0) is 23.1. The molecule has 2 aromatic rings. The van der Waals surface area contributed by atoms with Crippen molar-refractivity contribution in [3.63, 3.8) is 0 Å². The molecule has 0 saturated heterocycles. The van der Waals surface area contributed by atoms with Crippen LogP contribution >= 0.6 is 0 Å². The molecule has 0 aliphatic carbocycles. The molecule has 0 unspecified atom stereocenters. The largest absolute Gasteiger partial charge is 0.493 e. The van der Waals surface area contributed by atoms with Crippen molar-refractivity contribution in [1.82, 2.24) is 5.32 Å². The molecule has 2 aromatic carbocycles. The van der Waals surface area contributed by atoms with E-state index < -0.39 is 53.6 Å². The van der Waals surface area contributed by atoms with E-state index >= 15 is 0 Å². The second-order valence-electron chi connectivity index (χ2n) is 6.11. The van der Waals surface area contributed by atoms with E-state index in [1.807, 2.05) is 5.32 Å². The third-order valence-corrected chi connectivity index (χ3v) is 4.00. The molecular weight excluding hydrogens is 421 g/mol. The van der Waals surface area contributed by atoms with Crippen LogP contribution in [0.15, 0.2) is 30.3 Å². The second-order valence-corrected chi connectivity index (χ2v) is 6.11. The van der Waals surface area contributed by atoms with Crippen molar-refractivity contribution in [2.75, 3.05) is 26.1 Å². The summed E-state index contributed by atoms with van der Waals surface area (Å²) in [6, 6.07) is 5.75. The minimum Gasteiger partial charge on any atom is -0.493 e. The lowest BCUT2D eigenvalue weighted by Crippen LogP contribution is -2.40. The summed E-state index contributed by atoms with van der Waals surface area (Å²) in [5.41, 5.74) is -0.491. The summed E-state index contributed by atoms with van der Waals surface area (Å²) in [6.07, 6.45) is -1.27. The summed E-state index contributed by atoms with van der Waals surface area (Å²) in [5.74, 6) is -6.57. The molecule has 2 amide bonds. The van der Waals surface area contributed by atoms with Crippen molar-refractivity contribution in [3.8, 4) is 11.5 Å². The van der Waals surface area contributed by atoms with Crippen molar-refractivity contribution in [3.05, 3.63) is 53.3 Å². The average Bonchev–Trinajstić information content (AvgIpc) is 2.77. The number of carbonyl (C=O) groups excluding carboxylic acids is 3. The van der Waals surface area contributed by atoms with Gasteiger partial charge in [-0.25, -0.2) is 18.0 Å². The van der Waals surface area contributed by atoms with Gasteiger partial charge in [0.25, 0.3) is 5.91 Å². The van der Waals surface area contributed by atoms with Gasteiger partial charge in [0.05, 0.1) is 32.0 Å². The van der Waals surface area contributed by atoms with Gasteiger partial charge in [-0.1, -0.05) is 0 Å². The predicted molar refractivity (Wildman–Crippen MR) is 102 cm³/mol. The topological polar surface area (TPSA) is 103 Å². The van der Waals surface area contributed by atoms with Crippen LogP contribution in [0.4, 0.5) is 18.9 Å². The molecule has 166 valence electrons. The van der Waals surface area contributed by atoms with E-state index in [0.717, 1.165) is 6.07 Å². The quantitative estimate of drug-likeness (QED) is 0.483. The Morgan fingerprint density at radius 2 is 1.65 bits per heavy atom. The maximum atomic E-state index is 13.6. The number of ether oxygens (including phenoxy) is 3. The van der Waals surface area contributed by atoms with Crippen LogP contribution in [-0.4, -0.2) is 44.7 Å². The highest BCUT2D eigenvalue weighted by molar-refractivity contribution is 5.96. The summed E-state index contributed by atoms with van der Waals surface area (Å²) in [4.78, 5) is 36.1. The van der Waals surface area contributed by atoms with Crippen molar-refractivity contribution in [2.45, 2.75) is 13.0 Å². The number of amides is 2. The van der Waals surface area contributed by atoms with Gasteiger partial charge in [-0.15, -0.1) is 0 Å². The predicted octanol–water partition coefficient (Wildman–Crippen LogP) is 2.42. The average molecular weight is 440 g/mol. The number of halogens is 3. The lowest BCUT2D eigenvalue weighted by atomic mass is 10.2. The summed E-state index contributed by atoms with van der Waals surface area (Å²) in [5, 5.41) is 4.18. The summed E-state index contributed by atoms with van der Waals surface area (Å²) >= 11 is 0. The van der Waals surface area contributed by atoms with E-state index in [9.17, 15) is 27.6 Å². The molecule has 0 aromatic heterocycles. The van der Waals surface area contributed by atoms with Gasteiger partial charge in [-0.05, 0) is 37.3 Å². The molecule has 0 radical (unpaired) electrons. The SMILES string of the molecule is COc1ccc(C(=O)O[C@@H](C)C(=O)NCC(=O)Nc2ccc(F)c(F)c2F)cc1OC. The first-order valence-corrected chi connectivity index (χ1v) is 8.82.